The molecule has 0 radical (unpaired) electrons. The highest BCUT2D eigenvalue weighted by Gasteiger charge is 2.31. The first-order chi connectivity index (χ1) is 26.5. The molecule has 252 valence electrons. The molecule has 2 aromatic rings. The summed E-state index contributed by atoms with van der Waals surface area (Å²) in [6.45, 7) is 2.50. The molecule has 46 heavy (non-hydrogen) atoms. The van der Waals surface area contributed by atoms with Crippen molar-refractivity contribution in [1.29, 1.82) is 0 Å². The van der Waals surface area contributed by atoms with E-state index in [-0.39, 0.29) is 37.5 Å². The molecule has 0 spiro atoms. The van der Waals surface area contributed by atoms with Crippen molar-refractivity contribution < 1.29 is 40.7 Å². The monoisotopic (exact) mass is 649 g/mol. The predicted octanol–water partition coefficient (Wildman–Crippen LogP) is 1.43. The Hall–Kier alpha value is -4.29. The van der Waals surface area contributed by atoms with Crippen molar-refractivity contribution in [2.75, 3.05) is 13.1 Å². The molecule has 2 aromatic carbocycles. The Kier molecular flexibility index (Phi) is 9.68. The van der Waals surface area contributed by atoms with Crippen molar-refractivity contribution in [1.82, 2.24) is 5.32 Å². The number of ketones is 2. The third kappa shape index (κ3) is 13.0. The molecule has 0 aliphatic heterocycles. The van der Waals surface area contributed by atoms with Gasteiger partial charge in [0, 0.05) is 40.8 Å². The third-order valence-corrected chi connectivity index (χ3v) is 6.99. The van der Waals surface area contributed by atoms with Crippen molar-refractivity contribution in [2.45, 2.75) is 83.6 Å². The van der Waals surface area contributed by atoms with Gasteiger partial charge in [-0.1, -0.05) is 30.2 Å². The van der Waals surface area contributed by atoms with Crippen LogP contribution in [-0.4, -0.2) is 59.6 Å². The summed E-state index contributed by atoms with van der Waals surface area (Å²) in [5, 5.41) is 12.4. The average Bonchev–Trinajstić information content (AvgIpc) is 3.11. The van der Waals surface area contributed by atoms with Crippen LogP contribution in [0.25, 0.3) is 0 Å². The zero-order chi connectivity index (χ0) is 44.9. The predicted molar refractivity (Wildman–Crippen MR) is 180 cm³/mol. The van der Waals surface area contributed by atoms with Gasteiger partial charge >= 0.3 is 0 Å². The number of carbonyl (C=O) groups is 4. The van der Waals surface area contributed by atoms with Crippen molar-refractivity contribution in [3.05, 3.63) is 64.6 Å². The molecular weight excluding hydrogens is 586 g/mol. The number of aryl methyl sites for hydroxylation is 2. The Morgan fingerprint density at radius 2 is 1.65 bits per heavy atom. The molecule has 12 heteroatoms. The minimum Gasteiger partial charge on any atom is -0.508 e. The fourth-order valence-corrected chi connectivity index (χ4v) is 4.61. The number of Topliss-reactive ketones (excluding diaryl/α,β-unsaturated/α-hetero) is 2. The number of hydrogen-bond donors (Lipinski definition) is 7. The molecule has 12 nitrogen and oxygen atoms in total. The second-order valence-corrected chi connectivity index (χ2v) is 10.6. The minimum atomic E-state index is -3.60. The number of aliphatic imine (C=N–C) groups is 1. The van der Waals surface area contributed by atoms with Gasteiger partial charge in [-0.25, -0.2) is 0 Å². The Balaban J connectivity index is 2.72. The third-order valence-electron chi connectivity index (χ3n) is 6.99. The molecule has 2 amide bonds. The van der Waals surface area contributed by atoms with E-state index in [2.05, 4.69) is 10.3 Å². The van der Waals surface area contributed by atoms with Crippen LogP contribution < -0.4 is 34.0 Å². The maximum Gasteiger partial charge on any atom is 0.224 e. The summed E-state index contributed by atoms with van der Waals surface area (Å²) in [7, 11) is 0. The number of nitrogens with two attached hydrogens (primary N) is 5. The van der Waals surface area contributed by atoms with Crippen molar-refractivity contribution in [3.8, 4) is 5.75 Å². The van der Waals surface area contributed by atoms with Gasteiger partial charge in [0.25, 0.3) is 0 Å². The molecule has 2 rings (SSSR count). The van der Waals surface area contributed by atoms with E-state index < -0.39 is 128 Å². The molecule has 0 saturated heterocycles. The number of primary amides is 1. The van der Waals surface area contributed by atoms with E-state index in [1.807, 2.05) is 0 Å². The van der Waals surface area contributed by atoms with Crippen LogP contribution in [0.3, 0.4) is 0 Å². The quantitative estimate of drug-likeness (QED) is 0.0586. The number of carbonyl (C=O) groups excluding carboxylic acids is 4. The Bertz CT molecular complexity index is 1880. The van der Waals surface area contributed by atoms with E-state index in [1.165, 1.54) is 12.1 Å². The van der Waals surface area contributed by atoms with Crippen LogP contribution in [0.2, 0.25) is 0 Å². The summed E-state index contributed by atoms with van der Waals surface area (Å²) in [6.07, 6.45) is -12.6. The second-order valence-electron chi connectivity index (χ2n) is 10.6. The summed E-state index contributed by atoms with van der Waals surface area (Å²) in [5.74, 6) is -10.0. The van der Waals surface area contributed by atoms with Gasteiger partial charge in [-0.05, 0) is 99.6 Å². The number of amides is 2. The molecule has 0 unspecified atom stereocenters. The van der Waals surface area contributed by atoms with E-state index in [0.717, 1.165) is 0 Å². The highest BCUT2D eigenvalue weighted by molar-refractivity contribution is 5.94. The number of nitrogens with zero attached hydrogens (tertiary/aromatic N) is 1. The highest BCUT2D eigenvalue weighted by Crippen LogP contribution is 2.26. The molecule has 0 bridgehead atoms. The molecule has 0 aromatic heterocycles. The summed E-state index contributed by atoms with van der Waals surface area (Å²) < 4.78 is 100. The zero-order valence-electron chi connectivity index (χ0n) is 38.0. The smallest absolute Gasteiger partial charge is 0.224 e. The maximum atomic E-state index is 14.3. The maximum absolute atomic E-state index is 14.3. The lowest BCUT2D eigenvalue weighted by Crippen LogP contribution is -2.46. The van der Waals surface area contributed by atoms with Gasteiger partial charge in [-0.3, -0.25) is 24.2 Å². The number of hydrogen-bond acceptors (Lipinski definition) is 8. The Morgan fingerprint density at radius 3 is 2.24 bits per heavy atom. The largest absolute Gasteiger partial charge is 0.508 e. The van der Waals surface area contributed by atoms with Crippen LogP contribution in [0.1, 0.15) is 83.6 Å². The highest BCUT2D eigenvalue weighted by atomic mass is 16.3. The molecule has 4 atom stereocenters. The number of phenolic OH excluding ortho intramolecular Hbond substituents is 1. The SMILES string of the molecule is [2H]c1c([2H])c([2H])c(C([2H])([2H])[C@]([2H])(CC(=O)[C@H](CC([2H])([2H])C([2H])([2H])CN)NC(=O)[C@@H](CC(=O)[C@H](N)CCCN=C(N)N)Cc2c(C)cc(O)cc2C)C(N)=O)c([2H])c1[2H]. The molecule has 0 aliphatic rings. The summed E-state index contributed by atoms with van der Waals surface area (Å²) >= 11 is 0. The minimum absolute atomic E-state index is 0.0857. The Labute approximate surface area is 288 Å². The molecule has 0 fully saturated rings. The topological polar surface area (TPSA) is 243 Å². The molecule has 12 N–H and O–H groups in total. The van der Waals surface area contributed by atoms with Gasteiger partial charge in [0.15, 0.2) is 11.7 Å². The number of phenols is 1. The first-order valence-corrected chi connectivity index (χ1v) is 14.5. The van der Waals surface area contributed by atoms with Crippen LogP contribution >= 0.6 is 0 Å². The number of benzene rings is 2. The van der Waals surface area contributed by atoms with Gasteiger partial charge in [0.2, 0.25) is 11.8 Å². The van der Waals surface area contributed by atoms with Crippen LogP contribution in [0.15, 0.2) is 47.3 Å². The summed E-state index contributed by atoms with van der Waals surface area (Å²) in [5.41, 5.74) is 28.2. The normalized spacial score (nSPS) is 19.0. The lowest BCUT2D eigenvalue weighted by molar-refractivity contribution is -0.133. The van der Waals surface area contributed by atoms with Crippen molar-refractivity contribution >= 4 is 29.3 Å². The summed E-state index contributed by atoms with van der Waals surface area (Å²) in [4.78, 5) is 58.7. The first-order valence-electron chi connectivity index (χ1n) is 20.5. The second kappa shape index (κ2) is 19.3. The molecule has 0 saturated carbocycles. The lowest BCUT2D eigenvalue weighted by atomic mass is 9.86. The van der Waals surface area contributed by atoms with E-state index in [1.54, 1.807) is 13.8 Å². The van der Waals surface area contributed by atoms with Crippen LogP contribution in [-0.2, 0) is 32.0 Å². The van der Waals surface area contributed by atoms with E-state index in [9.17, 15) is 24.3 Å². The lowest BCUT2D eigenvalue weighted by Gasteiger charge is -2.25. The standard InChI is InChI=1S/C34H51N7O5/c1-21-15-26(42)16-22(2)27(21)18-25(20-30(43)28(36)11-8-14-40-34(38)39)33(46)41-29(12-6-7-13-35)31(44)19-24(32(37)45)17-23-9-4-3-5-10-23/h3-5,9-10,15-16,24-25,28-29,42H,6-8,11-14,17-20,35-36H2,1-2H3,(H2,37,45)(H,41,46)(H4,38,39,40)/t24-,25-,28-,29+/m1/s1/i3D,4D,5D,6D2,7D2,9D,10D,17D2,24D. The zero-order valence-corrected chi connectivity index (χ0v) is 26.0. The van der Waals surface area contributed by atoms with E-state index in [4.69, 9.17) is 45.1 Å². The van der Waals surface area contributed by atoms with E-state index in [0.29, 0.717) is 16.7 Å². The van der Waals surface area contributed by atoms with Crippen LogP contribution in [0.5, 0.6) is 5.75 Å². The van der Waals surface area contributed by atoms with Crippen LogP contribution in [0.4, 0.5) is 0 Å². The van der Waals surface area contributed by atoms with Gasteiger partial charge in [0.05, 0.1) is 18.9 Å². The average molecular weight is 650 g/mol. The van der Waals surface area contributed by atoms with Gasteiger partial charge in [-0.2, -0.15) is 0 Å². The number of guanidine groups is 1. The molecular formula is C34H51N7O5. The summed E-state index contributed by atoms with van der Waals surface area (Å²) in [6, 6.07) is -5.69. The number of aromatic hydroxyl groups is 1. The first kappa shape index (κ1) is 23.1. The van der Waals surface area contributed by atoms with Gasteiger partial charge in [0.1, 0.15) is 11.5 Å². The Morgan fingerprint density at radius 1 is 1.00 bits per heavy atom. The molecule has 0 aliphatic carbocycles. The number of rotatable bonds is 21. The van der Waals surface area contributed by atoms with Crippen LogP contribution in [0, 0.1) is 25.7 Å². The van der Waals surface area contributed by atoms with E-state index >= 15 is 0 Å². The molecule has 0 heterocycles. The van der Waals surface area contributed by atoms with Crippen molar-refractivity contribution in [3.63, 3.8) is 0 Å². The van der Waals surface area contributed by atoms with Gasteiger partial charge in [-0.15, -0.1) is 0 Å². The number of nitrogens with one attached hydrogen (secondary N) is 1. The van der Waals surface area contributed by atoms with Crippen molar-refractivity contribution in [2.24, 2.45) is 45.5 Å². The van der Waals surface area contributed by atoms with Gasteiger partial charge < -0.3 is 39.1 Å². The fraction of sp³-hybridized carbons (Fsp3) is 0.500. The fourth-order valence-electron chi connectivity index (χ4n) is 4.61.